The van der Waals surface area contributed by atoms with Crippen molar-refractivity contribution in [1.82, 2.24) is 10.2 Å². The lowest BCUT2D eigenvalue weighted by Crippen LogP contribution is -2.31. The molecule has 118 valence electrons. The fourth-order valence-corrected chi connectivity index (χ4v) is 1.75. The number of ether oxygens (including phenoxy) is 2. The maximum atomic E-state index is 11.8. The van der Waals surface area contributed by atoms with E-state index < -0.39 is 0 Å². The molecule has 0 atom stereocenters. The summed E-state index contributed by atoms with van der Waals surface area (Å²) in [6.07, 6.45) is 0. The van der Waals surface area contributed by atoms with Gasteiger partial charge >= 0.3 is 0 Å². The monoisotopic (exact) mass is 294 g/mol. The summed E-state index contributed by atoms with van der Waals surface area (Å²) in [7, 11) is 1.76. The van der Waals surface area contributed by atoms with Crippen molar-refractivity contribution in [1.29, 1.82) is 0 Å². The normalized spacial score (nSPS) is 10.3. The Bertz CT molecular complexity index is 449. The van der Waals surface area contributed by atoms with Gasteiger partial charge < -0.3 is 19.7 Å². The lowest BCUT2D eigenvalue weighted by atomic mass is 10.2. The van der Waals surface area contributed by atoms with Crippen LogP contribution in [-0.2, 0) is 11.3 Å². The van der Waals surface area contributed by atoms with E-state index in [1.165, 1.54) is 0 Å². The van der Waals surface area contributed by atoms with Crippen LogP contribution in [0.4, 0.5) is 0 Å². The molecule has 0 heterocycles. The van der Waals surface area contributed by atoms with Gasteiger partial charge in [-0.3, -0.25) is 4.79 Å². The highest BCUT2D eigenvalue weighted by atomic mass is 16.5. The van der Waals surface area contributed by atoms with Gasteiger partial charge in [0, 0.05) is 20.1 Å². The van der Waals surface area contributed by atoms with E-state index in [1.54, 1.807) is 11.9 Å². The van der Waals surface area contributed by atoms with E-state index in [9.17, 15) is 4.79 Å². The Morgan fingerprint density at radius 2 is 1.95 bits per heavy atom. The highest BCUT2D eigenvalue weighted by Gasteiger charge is 2.11. The van der Waals surface area contributed by atoms with Crippen LogP contribution in [0.1, 0.15) is 26.3 Å². The summed E-state index contributed by atoms with van der Waals surface area (Å²) in [6, 6.07) is 5.79. The number of carbonyl (C=O) groups is 1. The van der Waals surface area contributed by atoms with Crippen molar-refractivity contribution in [2.45, 2.75) is 27.3 Å². The molecule has 1 aromatic rings. The van der Waals surface area contributed by atoms with Crippen molar-refractivity contribution in [2.24, 2.45) is 0 Å². The van der Waals surface area contributed by atoms with Crippen molar-refractivity contribution in [3.05, 3.63) is 23.8 Å². The van der Waals surface area contributed by atoms with Crippen LogP contribution in [0.15, 0.2) is 18.2 Å². The molecule has 0 saturated heterocycles. The van der Waals surface area contributed by atoms with Gasteiger partial charge in [0.2, 0.25) is 0 Å². The predicted molar refractivity (Wildman–Crippen MR) is 83.8 cm³/mol. The van der Waals surface area contributed by atoms with Crippen molar-refractivity contribution in [2.75, 3.05) is 33.4 Å². The van der Waals surface area contributed by atoms with Crippen molar-refractivity contribution >= 4 is 5.91 Å². The first-order chi connectivity index (χ1) is 10.1. The third-order valence-corrected chi connectivity index (χ3v) is 3.14. The summed E-state index contributed by atoms with van der Waals surface area (Å²) in [5, 5.41) is 3.27. The minimum atomic E-state index is -0.0447. The summed E-state index contributed by atoms with van der Waals surface area (Å²) < 4.78 is 11.2. The van der Waals surface area contributed by atoms with E-state index in [2.05, 4.69) is 12.2 Å². The molecule has 0 spiro atoms. The highest BCUT2D eigenvalue weighted by molar-refractivity contribution is 5.77. The smallest absolute Gasteiger partial charge is 0.260 e. The van der Waals surface area contributed by atoms with Gasteiger partial charge in [-0.15, -0.1) is 0 Å². The number of rotatable bonds is 9. The van der Waals surface area contributed by atoms with Gasteiger partial charge in [-0.2, -0.15) is 0 Å². The SMILES string of the molecule is CCNCc1ccc(OCC(=O)N(C)CC)c(OCC)c1. The van der Waals surface area contributed by atoms with Crippen molar-refractivity contribution < 1.29 is 14.3 Å². The molecule has 0 fully saturated rings. The van der Waals surface area contributed by atoms with E-state index in [-0.39, 0.29) is 12.5 Å². The van der Waals surface area contributed by atoms with Gasteiger partial charge in [0.1, 0.15) is 0 Å². The van der Waals surface area contributed by atoms with E-state index >= 15 is 0 Å². The highest BCUT2D eigenvalue weighted by Crippen LogP contribution is 2.28. The molecule has 0 aliphatic carbocycles. The summed E-state index contributed by atoms with van der Waals surface area (Å²) in [6.45, 7) is 8.88. The average Bonchev–Trinajstić information content (AvgIpc) is 2.51. The maximum absolute atomic E-state index is 11.8. The van der Waals surface area contributed by atoms with Crippen LogP contribution < -0.4 is 14.8 Å². The summed E-state index contributed by atoms with van der Waals surface area (Å²) >= 11 is 0. The number of benzene rings is 1. The lowest BCUT2D eigenvalue weighted by molar-refractivity contribution is -0.131. The Balaban J connectivity index is 2.73. The van der Waals surface area contributed by atoms with Crippen LogP contribution in [0, 0.1) is 0 Å². The Morgan fingerprint density at radius 3 is 2.57 bits per heavy atom. The van der Waals surface area contributed by atoms with Crippen LogP contribution in [0.25, 0.3) is 0 Å². The van der Waals surface area contributed by atoms with Gasteiger partial charge in [0.05, 0.1) is 6.61 Å². The fraction of sp³-hybridized carbons (Fsp3) is 0.562. The van der Waals surface area contributed by atoms with Crippen molar-refractivity contribution in [3.63, 3.8) is 0 Å². The second-order valence-electron chi connectivity index (χ2n) is 4.69. The van der Waals surface area contributed by atoms with Gasteiger partial charge in [0.15, 0.2) is 18.1 Å². The molecule has 0 saturated carbocycles. The Labute approximate surface area is 127 Å². The summed E-state index contributed by atoms with van der Waals surface area (Å²) in [5.74, 6) is 1.24. The summed E-state index contributed by atoms with van der Waals surface area (Å²) in [5.41, 5.74) is 1.13. The third-order valence-electron chi connectivity index (χ3n) is 3.14. The van der Waals surface area contributed by atoms with Crippen LogP contribution in [0.3, 0.4) is 0 Å². The molecule has 5 nitrogen and oxygen atoms in total. The molecule has 1 N–H and O–H groups in total. The van der Waals surface area contributed by atoms with E-state index in [0.717, 1.165) is 18.7 Å². The number of likely N-dealkylation sites (N-methyl/N-ethyl adjacent to an activating group) is 1. The van der Waals surface area contributed by atoms with Crippen LogP contribution in [0.5, 0.6) is 11.5 Å². The third kappa shape index (κ3) is 5.63. The zero-order valence-corrected chi connectivity index (χ0v) is 13.4. The average molecular weight is 294 g/mol. The van der Waals surface area contributed by atoms with Crippen LogP contribution in [0.2, 0.25) is 0 Å². The Kier molecular flexibility index (Phi) is 7.61. The second kappa shape index (κ2) is 9.23. The largest absolute Gasteiger partial charge is 0.490 e. The molecule has 1 amide bonds. The minimum absolute atomic E-state index is 0.0248. The summed E-state index contributed by atoms with van der Waals surface area (Å²) in [4.78, 5) is 13.4. The molecule has 0 bridgehead atoms. The van der Waals surface area contributed by atoms with E-state index in [4.69, 9.17) is 9.47 Å². The quantitative estimate of drug-likeness (QED) is 0.757. The topological polar surface area (TPSA) is 50.8 Å². The van der Waals surface area contributed by atoms with Gasteiger partial charge in [0.25, 0.3) is 5.91 Å². The molecule has 1 rings (SSSR count). The fourth-order valence-electron chi connectivity index (χ4n) is 1.75. The number of hydrogen-bond donors (Lipinski definition) is 1. The number of carbonyl (C=O) groups excluding carboxylic acids is 1. The molecule has 0 unspecified atom stereocenters. The predicted octanol–water partition coefficient (Wildman–Crippen LogP) is 2.05. The van der Waals surface area contributed by atoms with Crippen molar-refractivity contribution in [3.8, 4) is 11.5 Å². The number of hydrogen-bond acceptors (Lipinski definition) is 4. The molecule has 21 heavy (non-hydrogen) atoms. The molecular formula is C16H26N2O3. The van der Waals surface area contributed by atoms with E-state index in [0.29, 0.717) is 24.7 Å². The molecule has 5 heteroatoms. The zero-order chi connectivity index (χ0) is 15.7. The zero-order valence-electron chi connectivity index (χ0n) is 13.4. The Morgan fingerprint density at radius 1 is 1.19 bits per heavy atom. The van der Waals surface area contributed by atoms with Gasteiger partial charge in [-0.05, 0) is 38.1 Å². The molecule has 0 aliphatic rings. The van der Waals surface area contributed by atoms with Gasteiger partial charge in [-0.1, -0.05) is 13.0 Å². The van der Waals surface area contributed by atoms with E-state index in [1.807, 2.05) is 32.0 Å². The number of amides is 1. The molecule has 0 aromatic heterocycles. The van der Waals surface area contributed by atoms with Crippen LogP contribution >= 0.6 is 0 Å². The van der Waals surface area contributed by atoms with Gasteiger partial charge in [-0.25, -0.2) is 0 Å². The number of nitrogens with zero attached hydrogens (tertiary/aromatic N) is 1. The molecule has 1 aromatic carbocycles. The lowest BCUT2D eigenvalue weighted by Gasteiger charge is -2.17. The standard InChI is InChI=1S/C16H26N2O3/c1-5-17-11-13-8-9-14(15(10-13)20-7-3)21-12-16(19)18(4)6-2/h8-10,17H,5-7,11-12H2,1-4H3. The minimum Gasteiger partial charge on any atom is -0.490 e. The Hall–Kier alpha value is -1.75. The molecular weight excluding hydrogens is 268 g/mol. The van der Waals surface area contributed by atoms with Crippen LogP contribution in [-0.4, -0.2) is 44.2 Å². The second-order valence-corrected chi connectivity index (χ2v) is 4.69. The first-order valence-electron chi connectivity index (χ1n) is 7.45. The molecule has 0 radical (unpaired) electrons. The number of nitrogens with one attached hydrogen (secondary N) is 1. The first-order valence-corrected chi connectivity index (χ1v) is 7.45. The first kappa shape index (κ1) is 17.3. The molecule has 0 aliphatic heterocycles. The maximum Gasteiger partial charge on any atom is 0.260 e.